The molecule has 1 aliphatic heterocycles. The molecule has 1 saturated heterocycles. The molecule has 0 bridgehead atoms. The van der Waals surface area contributed by atoms with Crippen LogP contribution in [0.25, 0.3) is 5.65 Å². The molecule has 3 rings (SSSR count). The van der Waals surface area contributed by atoms with E-state index in [1.807, 2.05) is 19.2 Å². The van der Waals surface area contributed by atoms with E-state index in [4.69, 9.17) is 0 Å². The van der Waals surface area contributed by atoms with E-state index in [1.54, 1.807) is 0 Å². The van der Waals surface area contributed by atoms with Crippen LogP contribution < -0.4 is 15.9 Å². The number of rotatable bonds is 3. The first-order valence-corrected chi connectivity index (χ1v) is 6.62. The Morgan fingerprint density at radius 1 is 1.53 bits per heavy atom. The minimum atomic E-state index is -0.291. The zero-order chi connectivity index (χ0) is 13.2. The Morgan fingerprint density at radius 3 is 3.26 bits per heavy atom. The zero-order valence-electron chi connectivity index (χ0n) is 11.0. The minimum absolute atomic E-state index is 0.291. The van der Waals surface area contributed by atoms with Crippen LogP contribution in [0.5, 0.6) is 0 Å². The smallest absolute Gasteiger partial charge is 0.355 e. The first-order chi connectivity index (χ1) is 9.28. The van der Waals surface area contributed by atoms with Crippen LogP contribution in [-0.4, -0.2) is 46.5 Å². The first kappa shape index (κ1) is 12.2. The molecule has 0 saturated carbocycles. The van der Waals surface area contributed by atoms with Gasteiger partial charge in [-0.25, -0.2) is 9.89 Å². The van der Waals surface area contributed by atoms with Gasteiger partial charge < -0.3 is 10.2 Å². The standard InChI is InChI=1S/C12H18N6O/c1-13-7-9-3-2-6-17(8-9)11-5-4-10-14-15-12(19)18(10)16-11/h4-5,9,13H,2-3,6-8H2,1H3,(H,15,19). The minimum Gasteiger partial charge on any atom is -0.355 e. The first-order valence-electron chi connectivity index (χ1n) is 6.62. The molecule has 19 heavy (non-hydrogen) atoms. The number of aromatic nitrogens is 4. The van der Waals surface area contributed by atoms with Crippen molar-refractivity contribution in [2.45, 2.75) is 12.8 Å². The zero-order valence-corrected chi connectivity index (χ0v) is 11.0. The molecule has 0 aromatic carbocycles. The van der Waals surface area contributed by atoms with Crippen LogP contribution in [0.15, 0.2) is 16.9 Å². The third-order valence-corrected chi connectivity index (χ3v) is 3.60. The van der Waals surface area contributed by atoms with Crippen molar-refractivity contribution in [3.63, 3.8) is 0 Å². The van der Waals surface area contributed by atoms with E-state index in [2.05, 4.69) is 25.5 Å². The van der Waals surface area contributed by atoms with Crippen molar-refractivity contribution in [1.29, 1.82) is 0 Å². The summed E-state index contributed by atoms with van der Waals surface area (Å²) in [6, 6.07) is 3.75. The lowest BCUT2D eigenvalue weighted by Gasteiger charge is -2.33. The summed E-state index contributed by atoms with van der Waals surface area (Å²) in [6.07, 6.45) is 2.40. The van der Waals surface area contributed by atoms with Crippen molar-refractivity contribution in [3.8, 4) is 0 Å². The quantitative estimate of drug-likeness (QED) is 0.804. The van der Waals surface area contributed by atoms with Crippen LogP contribution in [0.4, 0.5) is 5.82 Å². The largest absolute Gasteiger partial charge is 0.364 e. The molecule has 2 aromatic rings. The maximum Gasteiger partial charge on any atom is 0.364 e. The fourth-order valence-corrected chi connectivity index (χ4v) is 2.69. The average molecular weight is 262 g/mol. The predicted octanol–water partition coefficient (Wildman–Crippen LogP) is -0.147. The van der Waals surface area contributed by atoms with Crippen molar-refractivity contribution < 1.29 is 0 Å². The third kappa shape index (κ3) is 2.33. The van der Waals surface area contributed by atoms with Crippen LogP contribution in [0, 0.1) is 5.92 Å². The Morgan fingerprint density at radius 2 is 2.42 bits per heavy atom. The van der Waals surface area contributed by atoms with Crippen LogP contribution in [-0.2, 0) is 0 Å². The van der Waals surface area contributed by atoms with Crippen molar-refractivity contribution in [2.24, 2.45) is 5.92 Å². The van der Waals surface area contributed by atoms with Crippen molar-refractivity contribution >= 4 is 11.5 Å². The molecule has 2 aromatic heterocycles. The van der Waals surface area contributed by atoms with Gasteiger partial charge in [-0.1, -0.05) is 0 Å². The van der Waals surface area contributed by atoms with Gasteiger partial charge in [0, 0.05) is 13.1 Å². The summed E-state index contributed by atoms with van der Waals surface area (Å²) in [7, 11) is 1.98. The number of nitrogens with zero attached hydrogens (tertiary/aromatic N) is 4. The number of anilines is 1. The predicted molar refractivity (Wildman–Crippen MR) is 72.5 cm³/mol. The van der Waals surface area contributed by atoms with Gasteiger partial charge in [0.2, 0.25) is 0 Å². The van der Waals surface area contributed by atoms with Gasteiger partial charge >= 0.3 is 5.69 Å². The van der Waals surface area contributed by atoms with Crippen molar-refractivity contribution in [3.05, 3.63) is 22.6 Å². The van der Waals surface area contributed by atoms with Gasteiger partial charge in [0.15, 0.2) is 5.65 Å². The molecular weight excluding hydrogens is 244 g/mol. The van der Waals surface area contributed by atoms with E-state index < -0.39 is 0 Å². The topological polar surface area (TPSA) is 78.3 Å². The van der Waals surface area contributed by atoms with E-state index in [1.165, 1.54) is 10.9 Å². The Kier molecular flexibility index (Phi) is 3.20. The molecule has 0 spiro atoms. The van der Waals surface area contributed by atoms with Gasteiger partial charge in [-0.05, 0) is 44.5 Å². The summed E-state index contributed by atoms with van der Waals surface area (Å²) in [5.41, 5.74) is 0.262. The second kappa shape index (κ2) is 5.00. The maximum atomic E-state index is 11.5. The van der Waals surface area contributed by atoms with Crippen LogP contribution >= 0.6 is 0 Å². The fourth-order valence-electron chi connectivity index (χ4n) is 2.69. The van der Waals surface area contributed by atoms with Gasteiger partial charge in [0.1, 0.15) is 5.82 Å². The monoisotopic (exact) mass is 262 g/mol. The SMILES string of the molecule is CNCC1CCCN(c2ccc3n[nH]c(=O)n3n2)C1. The van der Waals surface area contributed by atoms with Gasteiger partial charge in [0.25, 0.3) is 0 Å². The maximum absolute atomic E-state index is 11.5. The van der Waals surface area contributed by atoms with Crippen LogP contribution in [0.2, 0.25) is 0 Å². The summed E-state index contributed by atoms with van der Waals surface area (Å²) in [6.45, 7) is 2.99. The third-order valence-electron chi connectivity index (χ3n) is 3.60. The lowest BCUT2D eigenvalue weighted by molar-refractivity contribution is 0.400. The Bertz CT molecular complexity index is 616. The molecule has 1 fully saturated rings. The van der Waals surface area contributed by atoms with E-state index >= 15 is 0 Å². The Hall–Kier alpha value is -1.89. The Labute approximate surface area is 110 Å². The normalized spacial score (nSPS) is 20.1. The number of piperidine rings is 1. The van der Waals surface area contributed by atoms with Crippen LogP contribution in [0.1, 0.15) is 12.8 Å². The summed E-state index contributed by atoms with van der Waals surface area (Å²) in [5, 5.41) is 13.9. The van der Waals surface area contributed by atoms with E-state index in [-0.39, 0.29) is 5.69 Å². The number of hydrogen-bond donors (Lipinski definition) is 2. The average Bonchev–Trinajstić information content (AvgIpc) is 2.81. The second-order valence-corrected chi connectivity index (χ2v) is 5.00. The number of nitrogens with one attached hydrogen (secondary N) is 2. The highest BCUT2D eigenvalue weighted by Gasteiger charge is 2.20. The lowest BCUT2D eigenvalue weighted by Crippen LogP contribution is -2.39. The van der Waals surface area contributed by atoms with E-state index in [0.717, 1.165) is 31.9 Å². The highest BCUT2D eigenvalue weighted by molar-refractivity contribution is 5.45. The fraction of sp³-hybridized carbons (Fsp3) is 0.583. The molecule has 7 nitrogen and oxygen atoms in total. The molecule has 1 aliphatic rings. The molecule has 0 aliphatic carbocycles. The molecule has 7 heteroatoms. The van der Waals surface area contributed by atoms with Gasteiger partial charge in [-0.2, -0.15) is 9.61 Å². The number of hydrogen-bond acceptors (Lipinski definition) is 5. The molecule has 0 amide bonds. The van der Waals surface area contributed by atoms with Crippen molar-refractivity contribution in [2.75, 3.05) is 31.6 Å². The molecular formula is C12H18N6O. The summed E-state index contributed by atoms with van der Waals surface area (Å²) < 4.78 is 1.32. The number of aromatic amines is 1. The highest BCUT2D eigenvalue weighted by Crippen LogP contribution is 2.20. The molecule has 1 unspecified atom stereocenters. The second-order valence-electron chi connectivity index (χ2n) is 5.00. The van der Waals surface area contributed by atoms with Gasteiger partial charge in [-0.3, -0.25) is 0 Å². The van der Waals surface area contributed by atoms with E-state index in [0.29, 0.717) is 11.6 Å². The molecule has 2 N–H and O–H groups in total. The molecule has 3 heterocycles. The van der Waals surface area contributed by atoms with Crippen molar-refractivity contribution in [1.82, 2.24) is 25.1 Å². The summed E-state index contributed by atoms with van der Waals surface area (Å²) in [4.78, 5) is 13.8. The number of H-pyrrole nitrogens is 1. The van der Waals surface area contributed by atoms with E-state index in [9.17, 15) is 4.79 Å². The summed E-state index contributed by atoms with van der Waals surface area (Å²) in [5.74, 6) is 1.48. The summed E-state index contributed by atoms with van der Waals surface area (Å²) >= 11 is 0. The highest BCUT2D eigenvalue weighted by atomic mass is 16.2. The van der Waals surface area contributed by atoms with Crippen LogP contribution in [0.3, 0.4) is 0 Å². The molecule has 1 atom stereocenters. The van der Waals surface area contributed by atoms with Gasteiger partial charge in [0.05, 0.1) is 0 Å². The van der Waals surface area contributed by atoms with Gasteiger partial charge in [-0.15, -0.1) is 5.10 Å². The Balaban J connectivity index is 1.86. The lowest BCUT2D eigenvalue weighted by atomic mass is 9.98. The molecule has 0 radical (unpaired) electrons. The number of fused-ring (bicyclic) bond motifs is 1. The molecule has 102 valence electrons.